The normalized spacial score (nSPS) is 10.7. The second-order valence-electron chi connectivity index (χ2n) is 2.96. The van der Waals surface area contributed by atoms with E-state index in [2.05, 4.69) is 11.9 Å². The van der Waals surface area contributed by atoms with Gasteiger partial charge in [0.1, 0.15) is 0 Å². The van der Waals surface area contributed by atoms with Crippen LogP contribution >= 0.6 is 0 Å². The average molecular weight is 338 g/mol. The van der Waals surface area contributed by atoms with Crippen molar-refractivity contribution in [2.24, 2.45) is 4.99 Å². The molecule has 0 fully saturated rings. The first-order chi connectivity index (χ1) is 9.82. The summed E-state index contributed by atoms with van der Waals surface area (Å²) in [6, 6.07) is 0. The van der Waals surface area contributed by atoms with Gasteiger partial charge in [0, 0.05) is 12.3 Å². The van der Waals surface area contributed by atoms with Gasteiger partial charge < -0.3 is 40.2 Å². The minimum atomic E-state index is -2.67. The molecule has 0 aromatic carbocycles. The van der Waals surface area contributed by atoms with E-state index < -0.39 is 29.6 Å². The fraction of sp³-hybridized carbons (Fsp3) is 0.800. The third-order valence-corrected chi connectivity index (χ3v) is 1.08. The topological polar surface area (TPSA) is 174 Å². The summed E-state index contributed by atoms with van der Waals surface area (Å²) in [7, 11) is -10.7. The summed E-state index contributed by atoms with van der Waals surface area (Å²) in [6.07, 6.45) is 2.52. The Kier molecular flexibility index (Phi) is 30.2. The number of nitrogens with zero attached hydrogens (tertiary/aromatic N) is 1. The molecule has 0 spiro atoms. The molecule has 17 heteroatoms. The van der Waals surface area contributed by atoms with E-state index in [9.17, 15) is 17.3 Å². The van der Waals surface area contributed by atoms with E-state index in [1.165, 1.54) is 18.6 Å². The Morgan fingerprint density at radius 1 is 0.727 bits per heavy atom. The van der Waals surface area contributed by atoms with Crippen molar-refractivity contribution in [3.8, 4) is 0 Å². The number of hydrogen-bond donors (Lipinski definition) is 8. The van der Waals surface area contributed by atoms with E-state index in [4.69, 9.17) is 40.2 Å². The molecule has 9 nitrogen and oxygen atoms in total. The molecule has 1 rings (SSSR count). The summed E-state index contributed by atoms with van der Waals surface area (Å²) in [5, 5.41) is 55.6. The second-order valence-corrected chi connectivity index (χ2v) is 2.96. The van der Waals surface area contributed by atoms with Crippen LogP contribution in [-0.4, -0.2) is 82.0 Å². The maximum Gasteiger partial charge on any atom is 0.674 e. The Labute approximate surface area is 125 Å². The van der Waals surface area contributed by atoms with Crippen molar-refractivity contribution < 1.29 is 57.5 Å². The number of rotatable bonds is 0. The molecule has 0 aromatic rings. The quantitative estimate of drug-likeness (QED) is 0.170. The first-order valence-corrected chi connectivity index (χ1v) is 5.33. The molecule has 0 amide bonds. The first kappa shape index (κ1) is 29.4. The first-order valence-electron chi connectivity index (χ1n) is 5.33. The summed E-state index contributed by atoms with van der Waals surface area (Å²) >= 11 is 0. The van der Waals surface area contributed by atoms with E-state index >= 15 is 0 Å². The molecule has 0 aliphatic carbocycles. The van der Waals surface area contributed by atoms with Crippen molar-refractivity contribution in [2.75, 3.05) is 6.54 Å². The zero-order chi connectivity index (χ0) is 18.7. The van der Waals surface area contributed by atoms with Gasteiger partial charge in [-0.3, -0.25) is 22.3 Å². The maximum atomic E-state index is 10.1. The van der Waals surface area contributed by atoms with Crippen LogP contribution in [0, 0.1) is 0 Å². The van der Waals surface area contributed by atoms with Crippen LogP contribution in [0.2, 0.25) is 0 Å². The van der Waals surface area contributed by atoms with Crippen LogP contribution in [-0.2, 0) is 0 Å². The number of aliphatic imine (C=N–C) groups is 1. The predicted octanol–water partition coefficient (Wildman–Crippen LogP) is -3.06. The van der Waals surface area contributed by atoms with Crippen LogP contribution in [0.5, 0.6) is 0 Å². The Bertz CT molecular complexity index is 206. The molecule has 8 N–H and O–H groups in total. The van der Waals surface area contributed by atoms with E-state index in [1.54, 1.807) is 0 Å². The molecule has 0 bridgehead atoms. The molecule has 0 aromatic heterocycles. The number of halogens is 4. The lowest BCUT2D eigenvalue weighted by molar-refractivity contribution is 0.338. The van der Waals surface area contributed by atoms with E-state index in [0.29, 0.717) is 0 Å². The highest BCUT2D eigenvalue weighted by Gasteiger charge is 1.98. The Balaban J connectivity index is -0.0000000937. The van der Waals surface area contributed by atoms with Crippen LogP contribution in [0.25, 0.3) is 0 Å². The molecule has 0 unspecified atom stereocenters. The SMILES string of the molecule is CC1=NCCC1.OB(O)F.OB(O)F.OB(O)F.OB(O)F. The predicted molar refractivity (Wildman–Crippen MR) is 72.4 cm³/mol. The average Bonchev–Trinajstić information content (AvgIpc) is 2.64. The molecule has 1 heterocycles. The summed E-state index contributed by atoms with van der Waals surface area (Å²) in [4.78, 5) is 4.15. The van der Waals surface area contributed by atoms with Gasteiger partial charge in [0.15, 0.2) is 0 Å². The highest BCUT2D eigenvalue weighted by atomic mass is 19.1. The third kappa shape index (κ3) is 162. The molecule has 0 saturated carbocycles. The maximum absolute atomic E-state index is 10.1. The fourth-order valence-corrected chi connectivity index (χ4v) is 0.684. The summed E-state index contributed by atoms with van der Waals surface area (Å²) in [5.41, 5.74) is 1.33. The second kappa shape index (κ2) is 22.6. The highest BCUT2D eigenvalue weighted by Crippen LogP contribution is 2.00. The third-order valence-electron chi connectivity index (χ3n) is 1.08. The molecule has 1 aliphatic rings. The van der Waals surface area contributed by atoms with Gasteiger partial charge in [-0.2, -0.15) is 0 Å². The summed E-state index contributed by atoms with van der Waals surface area (Å²) < 4.78 is 40.4. The van der Waals surface area contributed by atoms with Crippen molar-refractivity contribution in [3.63, 3.8) is 0 Å². The van der Waals surface area contributed by atoms with Gasteiger partial charge in [-0.05, 0) is 19.8 Å². The van der Waals surface area contributed by atoms with Crippen molar-refractivity contribution in [1.29, 1.82) is 0 Å². The van der Waals surface area contributed by atoms with Crippen LogP contribution in [0.3, 0.4) is 0 Å². The Morgan fingerprint density at radius 3 is 1.00 bits per heavy atom. The van der Waals surface area contributed by atoms with Gasteiger partial charge in [0.05, 0.1) is 0 Å². The fourth-order valence-electron chi connectivity index (χ4n) is 0.684. The minimum Gasteiger partial charge on any atom is -0.398 e. The number of hydrogen-bond acceptors (Lipinski definition) is 9. The Morgan fingerprint density at radius 2 is 0.955 bits per heavy atom. The lowest BCUT2D eigenvalue weighted by Crippen LogP contribution is -1.98. The van der Waals surface area contributed by atoms with Gasteiger partial charge in [-0.25, -0.2) is 0 Å². The lowest BCUT2D eigenvalue weighted by atomic mass is 10.3. The zero-order valence-corrected chi connectivity index (χ0v) is 11.5. The van der Waals surface area contributed by atoms with Crippen molar-refractivity contribution >= 4 is 35.3 Å². The molecule has 130 valence electrons. The molecule has 0 radical (unpaired) electrons. The van der Waals surface area contributed by atoms with Crippen molar-refractivity contribution in [2.45, 2.75) is 19.8 Å². The molecule has 1 aliphatic heterocycles. The molecular formula is C5H17B4F4NO8. The van der Waals surface area contributed by atoms with E-state index in [0.717, 1.165) is 6.54 Å². The highest BCUT2D eigenvalue weighted by molar-refractivity contribution is 6.32. The smallest absolute Gasteiger partial charge is 0.398 e. The van der Waals surface area contributed by atoms with E-state index in [-0.39, 0.29) is 0 Å². The monoisotopic (exact) mass is 339 g/mol. The lowest BCUT2D eigenvalue weighted by Gasteiger charge is -1.76. The van der Waals surface area contributed by atoms with Gasteiger partial charge in [-0.1, -0.05) is 0 Å². The summed E-state index contributed by atoms with van der Waals surface area (Å²) in [5.74, 6) is 0. The van der Waals surface area contributed by atoms with E-state index in [1.807, 2.05) is 0 Å². The van der Waals surface area contributed by atoms with Gasteiger partial charge in [0.2, 0.25) is 0 Å². The van der Waals surface area contributed by atoms with Crippen molar-refractivity contribution in [1.82, 2.24) is 0 Å². The standard InChI is InChI=1S/C5H9N.4BFH2O2/c1-5-3-2-4-6-5;4*2-1(3)4/h2-4H2,1H3;4*3-4H. The molecule has 0 saturated heterocycles. The molecule has 22 heavy (non-hydrogen) atoms. The largest absolute Gasteiger partial charge is 0.674 e. The molecular weight excluding hydrogens is 321 g/mol. The van der Waals surface area contributed by atoms with Crippen LogP contribution < -0.4 is 0 Å². The van der Waals surface area contributed by atoms with Crippen LogP contribution in [0.15, 0.2) is 4.99 Å². The molecule has 0 atom stereocenters. The van der Waals surface area contributed by atoms with Crippen molar-refractivity contribution in [3.05, 3.63) is 0 Å². The summed E-state index contributed by atoms with van der Waals surface area (Å²) in [6.45, 7) is 3.17. The Hall–Kier alpha value is -0.670. The zero-order valence-electron chi connectivity index (χ0n) is 11.5. The van der Waals surface area contributed by atoms with Crippen LogP contribution in [0.4, 0.5) is 17.3 Å². The van der Waals surface area contributed by atoms with Crippen LogP contribution in [0.1, 0.15) is 19.8 Å². The van der Waals surface area contributed by atoms with Gasteiger partial charge >= 0.3 is 29.6 Å². The van der Waals surface area contributed by atoms with Gasteiger partial charge in [-0.15, -0.1) is 0 Å². The van der Waals surface area contributed by atoms with Gasteiger partial charge in [0.25, 0.3) is 0 Å². The minimum absolute atomic E-state index is 1.08.